The van der Waals surface area contributed by atoms with Gasteiger partial charge in [0.2, 0.25) is 0 Å². The van der Waals surface area contributed by atoms with Crippen molar-refractivity contribution in [2.75, 3.05) is 6.61 Å². The van der Waals surface area contributed by atoms with Crippen molar-refractivity contribution >= 4 is 14.8 Å². The van der Waals surface area contributed by atoms with Gasteiger partial charge in [0.05, 0.1) is 6.61 Å². The van der Waals surface area contributed by atoms with Crippen LogP contribution in [-0.2, 0) is 20.1 Å². The summed E-state index contributed by atoms with van der Waals surface area (Å²) in [6.45, 7) is 5.19. The molecule has 248 valence electrons. The zero-order valence-corrected chi connectivity index (χ0v) is 29.0. The van der Waals surface area contributed by atoms with Crippen LogP contribution in [0.2, 0.25) is 19.1 Å². The summed E-state index contributed by atoms with van der Waals surface area (Å²) in [6.07, 6.45) is 7.89. The maximum Gasteiger partial charge on any atom is 0.358 e. The number of nitrogens with zero attached hydrogens (tertiary/aromatic N) is 3. The first-order valence-electron chi connectivity index (χ1n) is 14.3. The number of rotatable bonds is 10. The standard InChI is InChI=1S/C13H20NO3Si.2C11H6F2N.Ir/c1-18(2)10-5-3-4-9-17-11-7-6-8-14-12(11)13(15)16;2*12-8-4-5-9(10(13)7-8)11-3-1-2-6-14-11;/h6-8H,3-5,9-10H2,1-2H3,(H,15,16);2*1-4,6-7H;/q;2*-1;. The number of benzene rings is 2. The second-order valence-corrected chi connectivity index (χ2v) is 12.9. The first-order chi connectivity index (χ1) is 22.2. The number of ether oxygens (including phenoxy) is 1. The van der Waals surface area contributed by atoms with Crippen molar-refractivity contribution < 1.29 is 52.3 Å². The van der Waals surface area contributed by atoms with Crippen molar-refractivity contribution in [1.29, 1.82) is 0 Å². The van der Waals surface area contributed by atoms with Crippen molar-refractivity contribution in [1.82, 2.24) is 15.0 Å². The Labute approximate surface area is 286 Å². The molecule has 0 fully saturated rings. The van der Waals surface area contributed by atoms with Gasteiger partial charge in [0.15, 0.2) is 11.4 Å². The Morgan fingerprint density at radius 2 is 1.30 bits per heavy atom. The molecule has 0 spiro atoms. The van der Waals surface area contributed by atoms with Gasteiger partial charge < -0.3 is 19.8 Å². The van der Waals surface area contributed by atoms with E-state index in [9.17, 15) is 22.4 Å². The number of hydrogen-bond acceptors (Lipinski definition) is 5. The normalized spacial score (nSPS) is 10.1. The predicted octanol–water partition coefficient (Wildman–Crippen LogP) is 8.73. The molecule has 3 aromatic heterocycles. The molecule has 47 heavy (non-hydrogen) atoms. The average Bonchev–Trinajstić information content (AvgIpc) is 3.04. The van der Waals surface area contributed by atoms with Crippen LogP contribution in [0.15, 0.2) is 91.4 Å². The van der Waals surface area contributed by atoms with Gasteiger partial charge in [-0.3, -0.25) is 17.6 Å². The molecule has 0 atom stereocenters. The topological polar surface area (TPSA) is 85.2 Å². The van der Waals surface area contributed by atoms with Crippen LogP contribution in [-0.4, -0.2) is 41.4 Å². The fraction of sp³-hybridized carbons (Fsp3) is 0.200. The molecule has 0 bridgehead atoms. The van der Waals surface area contributed by atoms with E-state index < -0.39 is 29.2 Å². The summed E-state index contributed by atoms with van der Waals surface area (Å²) in [5.74, 6) is -3.26. The van der Waals surface area contributed by atoms with Crippen LogP contribution in [0.5, 0.6) is 5.75 Å². The zero-order valence-electron chi connectivity index (χ0n) is 25.6. The Morgan fingerprint density at radius 1 is 0.766 bits per heavy atom. The molecule has 0 aliphatic rings. The molecule has 0 amide bonds. The SMILES string of the molecule is C[Si](C)CCCCCOc1cccnc1C(=O)O.Fc1c[c-]c(-c2ccccn2)c(F)c1.Fc1c[c-]c(-c2ccccn2)c(F)c1.[Ir]. The number of aromatic carboxylic acids is 1. The van der Waals surface area contributed by atoms with Gasteiger partial charge >= 0.3 is 5.97 Å². The van der Waals surface area contributed by atoms with Gasteiger partial charge in [-0.15, -0.1) is 24.3 Å². The molecule has 0 aliphatic heterocycles. The summed E-state index contributed by atoms with van der Waals surface area (Å²) in [6, 6.07) is 23.7. The van der Waals surface area contributed by atoms with E-state index in [4.69, 9.17) is 9.84 Å². The zero-order chi connectivity index (χ0) is 33.3. The maximum atomic E-state index is 13.2. The Morgan fingerprint density at radius 3 is 1.74 bits per heavy atom. The first kappa shape index (κ1) is 38.9. The number of carbonyl (C=O) groups is 1. The molecule has 0 unspecified atom stereocenters. The second-order valence-electron chi connectivity index (χ2n) is 10.0. The van der Waals surface area contributed by atoms with Crippen LogP contribution in [0.1, 0.15) is 29.8 Å². The number of carboxylic acids is 1. The van der Waals surface area contributed by atoms with E-state index in [1.54, 1.807) is 60.9 Å². The summed E-state index contributed by atoms with van der Waals surface area (Å²) in [4.78, 5) is 22.6. The Hall–Kier alpha value is -4.25. The summed E-state index contributed by atoms with van der Waals surface area (Å²) < 4.78 is 57.1. The molecule has 0 aliphatic carbocycles. The van der Waals surface area contributed by atoms with Crippen molar-refractivity contribution in [3.8, 4) is 28.3 Å². The Bertz CT molecular complexity index is 1580. The van der Waals surface area contributed by atoms with Gasteiger partial charge in [0, 0.05) is 70.8 Å². The van der Waals surface area contributed by atoms with Crippen LogP contribution >= 0.6 is 0 Å². The number of hydrogen-bond donors (Lipinski definition) is 1. The fourth-order valence-electron chi connectivity index (χ4n) is 3.91. The molecule has 12 heteroatoms. The third-order valence-electron chi connectivity index (χ3n) is 6.11. The summed E-state index contributed by atoms with van der Waals surface area (Å²) >= 11 is 0. The van der Waals surface area contributed by atoms with E-state index in [-0.39, 0.29) is 45.7 Å². The number of aromatic nitrogens is 3. The van der Waals surface area contributed by atoms with Crippen LogP contribution in [0, 0.1) is 35.4 Å². The molecular formula is C35H32F4IrN3O3Si-2. The molecule has 2 aromatic carbocycles. The number of unbranched alkanes of at least 4 members (excludes halogenated alkanes) is 2. The Balaban J connectivity index is 0.000000245. The molecule has 0 saturated carbocycles. The summed E-state index contributed by atoms with van der Waals surface area (Å²) in [5, 5.41) is 8.93. The van der Waals surface area contributed by atoms with Crippen molar-refractivity contribution in [2.24, 2.45) is 0 Å². The van der Waals surface area contributed by atoms with Crippen LogP contribution < -0.4 is 4.74 Å². The number of carboxylic acid groups (broad SMARTS) is 1. The molecule has 1 N–H and O–H groups in total. The summed E-state index contributed by atoms with van der Waals surface area (Å²) in [5.41, 5.74) is 1.26. The molecule has 5 aromatic rings. The maximum absolute atomic E-state index is 13.2. The van der Waals surface area contributed by atoms with Crippen molar-refractivity contribution in [3.05, 3.63) is 132 Å². The minimum Gasteiger partial charge on any atom is -0.491 e. The van der Waals surface area contributed by atoms with Gasteiger partial charge in [-0.2, -0.15) is 0 Å². The number of pyridine rings is 3. The number of halogens is 4. The third-order valence-corrected chi connectivity index (χ3v) is 7.46. The molecule has 0 saturated heterocycles. The minimum atomic E-state index is -1.05. The molecular weight excluding hydrogens is 807 g/mol. The van der Waals surface area contributed by atoms with Gasteiger partial charge in [0.25, 0.3) is 0 Å². The van der Waals surface area contributed by atoms with E-state index in [0.29, 0.717) is 23.7 Å². The smallest absolute Gasteiger partial charge is 0.358 e. The van der Waals surface area contributed by atoms with Gasteiger partial charge in [0.1, 0.15) is 0 Å². The van der Waals surface area contributed by atoms with Crippen LogP contribution in [0.3, 0.4) is 0 Å². The van der Waals surface area contributed by atoms with Gasteiger partial charge in [-0.1, -0.05) is 79.5 Å². The van der Waals surface area contributed by atoms with Crippen LogP contribution in [0.25, 0.3) is 22.5 Å². The van der Waals surface area contributed by atoms with Crippen molar-refractivity contribution in [2.45, 2.75) is 38.4 Å². The van der Waals surface area contributed by atoms with E-state index >= 15 is 0 Å². The first-order valence-corrected chi connectivity index (χ1v) is 17.0. The summed E-state index contributed by atoms with van der Waals surface area (Å²) in [7, 11) is -0.120. The van der Waals surface area contributed by atoms with Gasteiger partial charge in [-0.25, -0.2) is 9.78 Å². The minimum absolute atomic E-state index is 0. The van der Waals surface area contributed by atoms with Crippen molar-refractivity contribution in [3.63, 3.8) is 0 Å². The van der Waals surface area contributed by atoms with Crippen LogP contribution in [0.4, 0.5) is 17.6 Å². The molecule has 5 rings (SSSR count). The van der Waals surface area contributed by atoms with E-state index in [2.05, 4.69) is 40.2 Å². The second kappa shape index (κ2) is 20.8. The fourth-order valence-corrected chi connectivity index (χ4v) is 4.87. The third kappa shape index (κ3) is 13.6. The molecule has 2 radical (unpaired) electrons. The quantitative estimate of drug-likeness (QED) is 0.0656. The predicted molar refractivity (Wildman–Crippen MR) is 170 cm³/mol. The Kier molecular flexibility index (Phi) is 17.2. The van der Waals surface area contributed by atoms with E-state index in [0.717, 1.165) is 37.1 Å². The largest absolute Gasteiger partial charge is 0.491 e. The average molecular weight is 839 g/mol. The molecule has 6 nitrogen and oxygen atoms in total. The monoisotopic (exact) mass is 839 g/mol. The van der Waals surface area contributed by atoms with E-state index in [1.807, 2.05) is 0 Å². The van der Waals surface area contributed by atoms with E-state index in [1.165, 1.54) is 18.7 Å². The van der Waals surface area contributed by atoms with Gasteiger partial charge in [-0.05, 0) is 42.1 Å². The molecule has 3 heterocycles.